The minimum absolute atomic E-state index is 0.216. The Labute approximate surface area is 178 Å². The molecule has 31 heavy (non-hydrogen) atoms. The number of hydrogen-bond acceptors (Lipinski definition) is 4. The first-order valence-electron chi connectivity index (χ1n) is 9.34. The highest BCUT2D eigenvalue weighted by molar-refractivity contribution is 7.89. The number of rotatable bonds is 8. The summed E-state index contributed by atoms with van der Waals surface area (Å²) in [6, 6.07) is 9.35. The summed E-state index contributed by atoms with van der Waals surface area (Å²) in [5, 5.41) is 2.46. The molecule has 0 atom stereocenters. The van der Waals surface area contributed by atoms with Gasteiger partial charge in [0.05, 0.1) is 17.0 Å². The lowest BCUT2D eigenvalue weighted by atomic mass is 10.1. The van der Waals surface area contributed by atoms with Crippen LogP contribution in [0.2, 0.25) is 0 Å². The van der Waals surface area contributed by atoms with Crippen LogP contribution in [-0.4, -0.2) is 44.8 Å². The highest BCUT2D eigenvalue weighted by Gasteiger charge is 2.31. The molecule has 2 amide bonds. The van der Waals surface area contributed by atoms with Gasteiger partial charge in [0.2, 0.25) is 15.9 Å². The Balaban J connectivity index is 2.05. The van der Waals surface area contributed by atoms with Gasteiger partial charge in [-0.15, -0.1) is 0 Å². The predicted molar refractivity (Wildman–Crippen MR) is 109 cm³/mol. The maximum atomic E-state index is 12.8. The predicted octanol–water partition coefficient (Wildman–Crippen LogP) is 3.10. The number of nitrogens with one attached hydrogen (secondary N) is 2. The first-order chi connectivity index (χ1) is 14.5. The fourth-order valence-electron chi connectivity index (χ4n) is 2.71. The van der Waals surface area contributed by atoms with Gasteiger partial charge in [-0.3, -0.25) is 9.59 Å². The average molecular weight is 457 g/mol. The van der Waals surface area contributed by atoms with Gasteiger partial charge in [0, 0.05) is 24.3 Å². The molecule has 0 aliphatic heterocycles. The van der Waals surface area contributed by atoms with E-state index >= 15 is 0 Å². The molecule has 168 valence electrons. The molecule has 2 rings (SSSR count). The molecule has 0 aromatic heterocycles. The smallest absolute Gasteiger partial charge is 0.339 e. The topological polar surface area (TPSA) is 95.6 Å². The summed E-state index contributed by atoms with van der Waals surface area (Å²) in [6.07, 6.45) is -4.70. The third kappa shape index (κ3) is 6.53. The van der Waals surface area contributed by atoms with Crippen molar-refractivity contribution in [2.45, 2.75) is 24.9 Å². The van der Waals surface area contributed by atoms with Crippen molar-refractivity contribution in [3.05, 3.63) is 59.7 Å². The monoisotopic (exact) mass is 457 g/mol. The molecule has 7 nitrogen and oxygen atoms in total. The maximum absolute atomic E-state index is 12.8. The Bertz CT molecular complexity index is 1050. The Morgan fingerprint density at radius 1 is 1.00 bits per heavy atom. The number of hydrogen-bond donors (Lipinski definition) is 2. The van der Waals surface area contributed by atoms with Crippen molar-refractivity contribution >= 4 is 27.5 Å². The average Bonchev–Trinajstić information content (AvgIpc) is 2.73. The first kappa shape index (κ1) is 24.4. The fraction of sp³-hybridized carbons (Fsp3) is 0.300. The molecular formula is C20H22F3N3O4S. The number of carbonyl (C=O) groups is 2. The zero-order chi connectivity index (χ0) is 23.2. The fourth-order valence-corrected chi connectivity index (χ4v) is 3.74. The first-order valence-corrected chi connectivity index (χ1v) is 10.8. The number of alkyl halides is 3. The highest BCUT2D eigenvalue weighted by atomic mass is 32.2. The van der Waals surface area contributed by atoms with Gasteiger partial charge in [-0.2, -0.15) is 13.2 Å². The lowest BCUT2D eigenvalue weighted by Crippen LogP contribution is -2.33. The molecule has 0 heterocycles. The molecule has 0 unspecified atom stereocenters. The summed E-state index contributed by atoms with van der Waals surface area (Å²) in [6.45, 7) is 4.01. The summed E-state index contributed by atoms with van der Waals surface area (Å²) >= 11 is 0. The number of amides is 2. The van der Waals surface area contributed by atoms with Gasteiger partial charge in [-0.25, -0.2) is 13.1 Å². The van der Waals surface area contributed by atoms with Crippen LogP contribution in [0.15, 0.2) is 53.4 Å². The molecule has 2 aromatic carbocycles. The van der Waals surface area contributed by atoms with Crippen molar-refractivity contribution in [2.75, 3.05) is 25.0 Å². The molecule has 0 bridgehead atoms. The summed E-state index contributed by atoms with van der Waals surface area (Å²) < 4.78 is 64.8. The van der Waals surface area contributed by atoms with Crippen LogP contribution in [0.3, 0.4) is 0 Å². The second-order valence-electron chi connectivity index (χ2n) is 6.46. The molecule has 0 radical (unpaired) electrons. The number of halogens is 3. The SMILES string of the molecule is CCN(CC)C(=O)c1cccc(NC(=O)CNS(=O)(=O)c2cccc(C(F)(F)F)c2)c1. The van der Waals surface area contributed by atoms with Crippen LogP contribution >= 0.6 is 0 Å². The second-order valence-corrected chi connectivity index (χ2v) is 8.22. The molecular weight excluding hydrogens is 435 g/mol. The van der Waals surface area contributed by atoms with E-state index in [0.29, 0.717) is 24.7 Å². The number of anilines is 1. The van der Waals surface area contributed by atoms with Crippen LogP contribution in [-0.2, 0) is 21.0 Å². The highest BCUT2D eigenvalue weighted by Crippen LogP contribution is 2.30. The molecule has 0 saturated carbocycles. The van der Waals surface area contributed by atoms with E-state index in [4.69, 9.17) is 0 Å². The van der Waals surface area contributed by atoms with Crippen LogP contribution in [0.1, 0.15) is 29.8 Å². The van der Waals surface area contributed by atoms with Crippen LogP contribution in [0.25, 0.3) is 0 Å². The number of sulfonamides is 1. The van der Waals surface area contributed by atoms with Crippen molar-refractivity contribution in [1.29, 1.82) is 0 Å². The van der Waals surface area contributed by atoms with E-state index in [2.05, 4.69) is 5.32 Å². The van der Waals surface area contributed by atoms with Crippen LogP contribution in [0, 0.1) is 0 Å². The van der Waals surface area contributed by atoms with E-state index in [1.165, 1.54) is 12.1 Å². The summed E-state index contributed by atoms with van der Waals surface area (Å²) in [5.41, 5.74) is -0.484. The third-order valence-electron chi connectivity index (χ3n) is 4.34. The van der Waals surface area contributed by atoms with Gasteiger partial charge < -0.3 is 10.2 Å². The van der Waals surface area contributed by atoms with Crippen molar-refractivity contribution < 1.29 is 31.2 Å². The van der Waals surface area contributed by atoms with Gasteiger partial charge in [0.1, 0.15) is 0 Å². The number of benzene rings is 2. The largest absolute Gasteiger partial charge is 0.416 e. The van der Waals surface area contributed by atoms with Crippen molar-refractivity contribution in [3.8, 4) is 0 Å². The van der Waals surface area contributed by atoms with Crippen molar-refractivity contribution in [1.82, 2.24) is 9.62 Å². The van der Waals surface area contributed by atoms with Gasteiger partial charge in [0.25, 0.3) is 5.91 Å². The molecule has 2 aromatic rings. The molecule has 0 fully saturated rings. The van der Waals surface area contributed by atoms with Crippen LogP contribution in [0.4, 0.5) is 18.9 Å². The molecule has 0 spiro atoms. The quantitative estimate of drug-likeness (QED) is 0.637. The summed E-state index contributed by atoms with van der Waals surface area (Å²) in [4.78, 5) is 25.5. The number of carbonyl (C=O) groups excluding carboxylic acids is 2. The number of nitrogens with zero attached hydrogens (tertiary/aromatic N) is 1. The van der Waals surface area contributed by atoms with E-state index in [1.54, 1.807) is 17.0 Å². The standard InChI is InChI=1S/C20H22F3N3O4S/c1-3-26(4-2)19(28)14-7-5-9-16(11-14)25-18(27)13-24-31(29,30)17-10-6-8-15(12-17)20(21,22)23/h5-12,24H,3-4,13H2,1-2H3,(H,25,27). The summed E-state index contributed by atoms with van der Waals surface area (Å²) in [7, 11) is -4.34. The molecule has 0 aliphatic rings. The van der Waals surface area contributed by atoms with Crippen LogP contribution < -0.4 is 10.0 Å². The van der Waals surface area contributed by atoms with E-state index in [0.717, 1.165) is 18.2 Å². The van der Waals surface area contributed by atoms with Gasteiger partial charge in [-0.05, 0) is 50.2 Å². The molecule has 0 saturated heterocycles. The Morgan fingerprint density at radius 2 is 1.65 bits per heavy atom. The normalized spacial score (nSPS) is 11.8. The molecule has 0 aliphatic carbocycles. The second kappa shape index (κ2) is 9.92. The van der Waals surface area contributed by atoms with Crippen molar-refractivity contribution in [3.63, 3.8) is 0 Å². The van der Waals surface area contributed by atoms with Crippen molar-refractivity contribution in [2.24, 2.45) is 0 Å². The van der Waals surface area contributed by atoms with Gasteiger partial charge >= 0.3 is 6.18 Å². The Hall–Kier alpha value is -2.92. The van der Waals surface area contributed by atoms with Crippen LogP contribution in [0.5, 0.6) is 0 Å². The maximum Gasteiger partial charge on any atom is 0.416 e. The van der Waals surface area contributed by atoms with Gasteiger partial charge in [0.15, 0.2) is 0 Å². The minimum Gasteiger partial charge on any atom is -0.339 e. The molecule has 11 heteroatoms. The minimum atomic E-state index is -4.70. The lowest BCUT2D eigenvalue weighted by molar-refractivity contribution is -0.137. The van der Waals surface area contributed by atoms with E-state index in [1.807, 2.05) is 18.6 Å². The Kier molecular flexibility index (Phi) is 7.80. The van der Waals surface area contributed by atoms with E-state index in [9.17, 15) is 31.2 Å². The van der Waals surface area contributed by atoms with E-state index in [-0.39, 0.29) is 11.6 Å². The lowest BCUT2D eigenvalue weighted by Gasteiger charge is -2.19. The van der Waals surface area contributed by atoms with Gasteiger partial charge in [-0.1, -0.05) is 12.1 Å². The summed E-state index contributed by atoms with van der Waals surface area (Å²) in [5.74, 6) is -0.964. The Morgan fingerprint density at radius 3 is 2.26 bits per heavy atom. The van der Waals surface area contributed by atoms with E-state index < -0.39 is 39.1 Å². The molecule has 2 N–H and O–H groups in total. The zero-order valence-electron chi connectivity index (χ0n) is 16.9. The zero-order valence-corrected chi connectivity index (χ0v) is 17.7. The third-order valence-corrected chi connectivity index (χ3v) is 5.74.